The maximum Gasteiger partial charge on any atom is 0.225 e. The molecule has 1 amide bonds. The number of ketones is 1. The van der Waals surface area contributed by atoms with Gasteiger partial charge in [0, 0.05) is 24.9 Å². The molecule has 2 rings (SSSR count). The largest absolute Gasteiger partial charge is 0.339 e. The van der Waals surface area contributed by atoms with Crippen molar-refractivity contribution in [2.24, 2.45) is 5.92 Å². The lowest BCUT2D eigenvalue weighted by Gasteiger charge is -2.31. The van der Waals surface area contributed by atoms with E-state index in [-0.39, 0.29) is 17.7 Å². The molecular formula is C15H25NO2. The molecule has 1 unspecified atom stereocenters. The number of amides is 1. The van der Waals surface area contributed by atoms with Gasteiger partial charge in [-0.2, -0.15) is 0 Å². The van der Waals surface area contributed by atoms with Crippen LogP contribution < -0.4 is 0 Å². The molecule has 0 aromatic carbocycles. The van der Waals surface area contributed by atoms with Gasteiger partial charge >= 0.3 is 0 Å². The van der Waals surface area contributed by atoms with Gasteiger partial charge in [0.25, 0.3) is 0 Å². The molecule has 2 fully saturated rings. The van der Waals surface area contributed by atoms with Gasteiger partial charge in [-0.25, -0.2) is 0 Å². The quantitative estimate of drug-likeness (QED) is 0.773. The van der Waals surface area contributed by atoms with Crippen LogP contribution in [0.2, 0.25) is 0 Å². The molecule has 0 spiro atoms. The SMILES string of the molecule is CC(=O)CC1CCCCCN1C(=O)C1CCCC1. The summed E-state index contributed by atoms with van der Waals surface area (Å²) in [6, 6.07) is 0.179. The highest BCUT2D eigenvalue weighted by Crippen LogP contribution is 2.29. The summed E-state index contributed by atoms with van der Waals surface area (Å²) in [6.07, 6.45) is 9.53. The van der Waals surface area contributed by atoms with Crippen molar-refractivity contribution in [1.82, 2.24) is 4.90 Å². The predicted octanol–water partition coefficient (Wildman–Crippen LogP) is 2.93. The van der Waals surface area contributed by atoms with Crippen molar-refractivity contribution in [3.8, 4) is 0 Å². The maximum absolute atomic E-state index is 12.6. The Bertz CT molecular complexity index is 308. The minimum Gasteiger partial charge on any atom is -0.339 e. The molecule has 3 heteroatoms. The van der Waals surface area contributed by atoms with Crippen molar-refractivity contribution in [2.45, 2.75) is 70.8 Å². The van der Waals surface area contributed by atoms with Gasteiger partial charge in [-0.3, -0.25) is 9.59 Å². The first-order valence-electron chi connectivity index (χ1n) is 7.48. The fourth-order valence-corrected chi connectivity index (χ4v) is 3.42. The first kappa shape index (κ1) is 13.6. The van der Waals surface area contributed by atoms with E-state index in [4.69, 9.17) is 0 Å². The minimum absolute atomic E-state index is 0.179. The van der Waals surface area contributed by atoms with Crippen LogP contribution in [0.15, 0.2) is 0 Å². The van der Waals surface area contributed by atoms with Crippen molar-refractivity contribution in [3.63, 3.8) is 0 Å². The zero-order valence-electron chi connectivity index (χ0n) is 11.5. The van der Waals surface area contributed by atoms with E-state index in [1.165, 1.54) is 19.3 Å². The van der Waals surface area contributed by atoms with E-state index >= 15 is 0 Å². The van der Waals surface area contributed by atoms with Gasteiger partial charge in [-0.1, -0.05) is 25.7 Å². The summed E-state index contributed by atoms with van der Waals surface area (Å²) in [5.41, 5.74) is 0. The van der Waals surface area contributed by atoms with Crippen molar-refractivity contribution in [2.75, 3.05) is 6.54 Å². The molecule has 1 aliphatic carbocycles. The molecule has 0 radical (unpaired) electrons. The Morgan fingerprint density at radius 1 is 1.00 bits per heavy atom. The molecule has 102 valence electrons. The van der Waals surface area contributed by atoms with Crippen LogP contribution in [0.4, 0.5) is 0 Å². The maximum atomic E-state index is 12.6. The van der Waals surface area contributed by atoms with Crippen molar-refractivity contribution >= 4 is 11.7 Å². The number of nitrogens with zero attached hydrogens (tertiary/aromatic N) is 1. The monoisotopic (exact) mass is 251 g/mol. The first-order valence-corrected chi connectivity index (χ1v) is 7.48. The fourth-order valence-electron chi connectivity index (χ4n) is 3.42. The van der Waals surface area contributed by atoms with E-state index in [0.29, 0.717) is 12.3 Å². The summed E-state index contributed by atoms with van der Waals surface area (Å²) in [6.45, 7) is 2.51. The Morgan fingerprint density at radius 2 is 1.67 bits per heavy atom. The number of hydrogen-bond donors (Lipinski definition) is 0. The van der Waals surface area contributed by atoms with E-state index in [1.54, 1.807) is 6.92 Å². The van der Waals surface area contributed by atoms with Crippen LogP contribution in [-0.4, -0.2) is 29.2 Å². The topological polar surface area (TPSA) is 37.4 Å². The molecule has 2 aliphatic rings. The number of hydrogen-bond acceptors (Lipinski definition) is 2. The van der Waals surface area contributed by atoms with E-state index in [1.807, 2.05) is 4.90 Å². The number of likely N-dealkylation sites (tertiary alicyclic amines) is 1. The van der Waals surface area contributed by atoms with E-state index in [0.717, 1.165) is 38.6 Å². The summed E-state index contributed by atoms with van der Waals surface area (Å²) in [5, 5.41) is 0. The van der Waals surface area contributed by atoms with Crippen molar-refractivity contribution in [1.29, 1.82) is 0 Å². The second-order valence-electron chi connectivity index (χ2n) is 5.92. The van der Waals surface area contributed by atoms with Crippen molar-refractivity contribution in [3.05, 3.63) is 0 Å². The molecule has 3 nitrogen and oxygen atoms in total. The van der Waals surface area contributed by atoms with Gasteiger partial charge in [-0.05, 0) is 32.6 Å². The number of carbonyl (C=O) groups is 2. The second kappa shape index (κ2) is 6.35. The summed E-state index contributed by atoms with van der Waals surface area (Å²) in [4.78, 5) is 26.0. The highest BCUT2D eigenvalue weighted by molar-refractivity contribution is 5.81. The molecule has 18 heavy (non-hydrogen) atoms. The Labute approximate surface area is 110 Å². The zero-order chi connectivity index (χ0) is 13.0. The van der Waals surface area contributed by atoms with Crippen LogP contribution >= 0.6 is 0 Å². The smallest absolute Gasteiger partial charge is 0.225 e. The Morgan fingerprint density at radius 3 is 2.33 bits per heavy atom. The molecule has 0 aromatic rings. The lowest BCUT2D eigenvalue weighted by molar-refractivity contribution is -0.138. The third-order valence-electron chi connectivity index (χ3n) is 4.39. The van der Waals surface area contributed by atoms with Gasteiger partial charge < -0.3 is 4.90 Å². The second-order valence-corrected chi connectivity index (χ2v) is 5.92. The molecule has 1 saturated carbocycles. The Hall–Kier alpha value is -0.860. The van der Waals surface area contributed by atoms with Crippen LogP contribution in [0, 0.1) is 5.92 Å². The predicted molar refractivity (Wildman–Crippen MR) is 71.2 cm³/mol. The summed E-state index contributed by atoms with van der Waals surface area (Å²) in [5.74, 6) is 0.796. The highest BCUT2D eigenvalue weighted by Gasteiger charge is 2.32. The standard InChI is InChI=1S/C15H25NO2/c1-12(17)11-14-9-3-2-6-10-16(14)15(18)13-7-4-5-8-13/h13-14H,2-11H2,1H3. The summed E-state index contributed by atoms with van der Waals surface area (Å²) in [7, 11) is 0. The highest BCUT2D eigenvalue weighted by atomic mass is 16.2. The average Bonchev–Trinajstić information content (AvgIpc) is 2.76. The normalized spacial score (nSPS) is 26.1. The van der Waals surface area contributed by atoms with E-state index in [9.17, 15) is 9.59 Å². The third kappa shape index (κ3) is 3.33. The Balaban J connectivity index is 2.03. The van der Waals surface area contributed by atoms with Crippen LogP contribution in [0.5, 0.6) is 0 Å². The molecule has 1 heterocycles. The summed E-state index contributed by atoms with van der Waals surface area (Å²) < 4.78 is 0. The number of rotatable bonds is 3. The molecule has 0 aromatic heterocycles. The Kier molecular flexibility index (Phi) is 4.79. The van der Waals surface area contributed by atoms with Gasteiger partial charge in [0.05, 0.1) is 0 Å². The molecule has 1 saturated heterocycles. The van der Waals surface area contributed by atoms with Gasteiger partial charge in [-0.15, -0.1) is 0 Å². The molecule has 0 bridgehead atoms. The van der Waals surface area contributed by atoms with E-state index < -0.39 is 0 Å². The van der Waals surface area contributed by atoms with Gasteiger partial charge in [0.15, 0.2) is 0 Å². The molecule has 0 N–H and O–H groups in total. The van der Waals surface area contributed by atoms with E-state index in [2.05, 4.69) is 0 Å². The van der Waals surface area contributed by atoms with Crippen molar-refractivity contribution < 1.29 is 9.59 Å². The lowest BCUT2D eigenvalue weighted by atomic mass is 10.0. The van der Waals surface area contributed by atoms with Crippen LogP contribution in [0.1, 0.15) is 64.7 Å². The first-order chi connectivity index (χ1) is 8.68. The van der Waals surface area contributed by atoms with Crippen LogP contribution in [0.3, 0.4) is 0 Å². The van der Waals surface area contributed by atoms with Gasteiger partial charge in [0.2, 0.25) is 5.91 Å². The fraction of sp³-hybridized carbons (Fsp3) is 0.867. The number of Topliss-reactive ketones (excluding diaryl/α,β-unsaturated/α-hetero) is 1. The molecular weight excluding hydrogens is 226 g/mol. The zero-order valence-corrected chi connectivity index (χ0v) is 11.5. The average molecular weight is 251 g/mol. The summed E-state index contributed by atoms with van der Waals surface area (Å²) >= 11 is 0. The molecule has 1 atom stereocenters. The molecule has 1 aliphatic heterocycles. The van der Waals surface area contributed by atoms with Crippen LogP contribution in [0.25, 0.3) is 0 Å². The number of carbonyl (C=O) groups excluding carboxylic acids is 2. The third-order valence-corrected chi connectivity index (χ3v) is 4.39. The van der Waals surface area contributed by atoms with Gasteiger partial charge in [0.1, 0.15) is 5.78 Å². The minimum atomic E-state index is 0.179. The van der Waals surface area contributed by atoms with Crippen LogP contribution in [-0.2, 0) is 9.59 Å². The lowest BCUT2D eigenvalue weighted by Crippen LogP contribution is -2.43.